The zero-order valence-electron chi connectivity index (χ0n) is 8.12. The molecule has 0 amide bonds. The van der Waals surface area contributed by atoms with Gasteiger partial charge in [0.25, 0.3) is 0 Å². The molecule has 0 atom stereocenters. The van der Waals surface area contributed by atoms with Gasteiger partial charge in [0, 0.05) is 0 Å². The predicted molar refractivity (Wildman–Crippen MR) is 61.1 cm³/mol. The van der Waals surface area contributed by atoms with Gasteiger partial charge < -0.3 is 10.5 Å². The Bertz CT molecular complexity index is 436. The second-order valence-electron chi connectivity index (χ2n) is 3.13. The summed E-state index contributed by atoms with van der Waals surface area (Å²) in [5.41, 5.74) is 6.87. The number of hydrogen-bond donors (Lipinski definition) is 1. The van der Waals surface area contributed by atoms with Crippen molar-refractivity contribution in [1.82, 2.24) is 0 Å². The van der Waals surface area contributed by atoms with Crippen LogP contribution in [0.1, 0.15) is 5.56 Å². The number of fused-ring (bicyclic) bond motifs is 1. The van der Waals surface area contributed by atoms with Gasteiger partial charge in [-0.1, -0.05) is 6.07 Å². The van der Waals surface area contributed by atoms with E-state index in [9.17, 15) is 0 Å². The van der Waals surface area contributed by atoms with E-state index in [0.717, 1.165) is 12.2 Å². The Morgan fingerprint density at radius 1 is 1.36 bits per heavy atom. The highest BCUT2D eigenvalue weighted by atomic mass is 32.1. The first kappa shape index (κ1) is 9.49. The molecular formula is C11H13NOS. The van der Waals surface area contributed by atoms with E-state index < -0.39 is 0 Å². The molecule has 3 heteroatoms. The van der Waals surface area contributed by atoms with Crippen molar-refractivity contribution in [3.63, 3.8) is 0 Å². The van der Waals surface area contributed by atoms with E-state index in [1.54, 1.807) is 18.4 Å². The number of hydrogen-bond acceptors (Lipinski definition) is 3. The summed E-state index contributed by atoms with van der Waals surface area (Å²) in [4.78, 5) is 0. The molecule has 0 saturated heterocycles. The van der Waals surface area contributed by atoms with E-state index >= 15 is 0 Å². The van der Waals surface area contributed by atoms with Gasteiger partial charge in [-0.2, -0.15) is 0 Å². The van der Waals surface area contributed by atoms with Crippen LogP contribution in [-0.2, 0) is 6.42 Å². The number of ether oxygens (including phenoxy) is 1. The molecule has 1 heterocycles. The summed E-state index contributed by atoms with van der Waals surface area (Å²) >= 11 is 1.71. The molecule has 2 rings (SSSR count). The average molecular weight is 207 g/mol. The summed E-state index contributed by atoms with van der Waals surface area (Å²) < 4.78 is 6.52. The van der Waals surface area contributed by atoms with Gasteiger partial charge in [-0.15, -0.1) is 11.3 Å². The third-order valence-corrected chi connectivity index (χ3v) is 3.23. The Morgan fingerprint density at radius 2 is 2.21 bits per heavy atom. The Hall–Kier alpha value is -1.06. The highest BCUT2D eigenvalue weighted by molar-refractivity contribution is 7.17. The lowest BCUT2D eigenvalue weighted by Gasteiger charge is -2.05. The third-order valence-electron chi connectivity index (χ3n) is 2.30. The predicted octanol–water partition coefficient (Wildman–Crippen LogP) is 2.41. The lowest BCUT2D eigenvalue weighted by atomic mass is 10.1. The van der Waals surface area contributed by atoms with Crippen molar-refractivity contribution in [3.05, 3.63) is 29.1 Å². The first-order valence-corrected chi connectivity index (χ1v) is 5.48. The highest BCUT2D eigenvalue weighted by Gasteiger charge is 2.06. The molecule has 0 aliphatic heterocycles. The van der Waals surface area contributed by atoms with Crippen LogP contribution in [0.2, 0.25) is 0 Å². The number of rotatable bonds is 3. The number of thiophene rings is 1. The van der Waals surface area contributed by atoms with Crippen molar-refractivity contribution < 1.29 is 4.74 Å². The van der Waals surface area contributed by atoms with Crippen LogP contribution in [0.3, 0.4) is 0 Å². The smallest absolute Gasteiger partial charge is 0.136 e. The second-order valence-corrected chi connectivity index (χ2v) is 4.05. The maximum absolute atomic E-state index is 5.56. The zero-order valence-corrected chi connectivity index (χ0v) is 8.93. The first-order chi connectivity index (χ1) is 6.86. The van der Waals surface area contributed by atoms with Crippen LogP contribution in [0, 0.1) is 0 Å². The van der Waals surface area contributed by atoms with Crippen molar-refractivity contribution in [3.8, 4) is 5.75 Å². The van der Waals surface area contributed by atoms with Gasteiger partial charge in [0.2, 0.25) is 0 Å². The molecule has 0 aliphatic carbocycles. The third kappa shape index (κ3) is 1.49. The largest absolute Gasteiger partial charge is 0.495 e. The van der Waals surface area contributed by atoms with Crippen LogP contribution < -0.4 is 10.5 Å². The van der Waals surface area contributed by atoms with Crippen molar-refractivity contribution in [1.29, 1.82) is 0 Å². The summed E-state index contributed by atoms with van der Waals surface area (Å²) in [6.07, 6.45) is 0.928. The second kappa shape index (κ2) is 3.98. The van der Waals surface area contributed by atoms with Crippen LogP contribution in [0.15, 0.2) is 23.6 Å². The minimum atomic E-state index is 0.692. The van der Waals surface area contributed by atoms with Crippen LogP contribution in [-0.4, -0.2) is 13.7 Å². The highest BCUT2D eigenvalue weighted by Crippen LogP contribution is 2.33. The number of methoxy groups -OCH3 is 1. The molecule has 2 N–H and O–H groups in total. The molecule has 74 valence electrons. The van der Waals surface area contributed by atoms with Gasteiger partial charge in [0.1, 0.15) is 5.75 Å². The molecule has 2 nitrogen and oxygen atoms in total. The van der Waals surface area contributed by atoms with Crippen molar-refractivity contribution in [2.24, 2.45) is 5.73 Å². The van der Waals surface area contributed by atoms with Gasteiger partial charge in [0.15, 0.2) is 0 Å². The molecule has 0 fully saturated rings. The monoisotopic (exact) mass is 207 g/mol. The van der Waals surface area contributed by atoms with E-state index in [4.69, 9.17) is 10.5 Å². The van der Waals surface area contributed by atoms with Crippen molar-refractivity contribution >= 4 is 21.4 Å². The summed E-state index contributed by atoms with van der Waals surface area (Å²) in [5, 5.41) is 3.37. The summed E-state index contributed by atoms with van der Waals surface area (Å²) in [5.74, 6) is 0.954. The maximum atomic E-state index is 5.56. The summed E-state index contributed by atoms with van der Waals surface area (Å²) in [6, 6.07) is 6.25. The van der Waals surface area contributed by atoms with Gasteiger partial charge in [0.05, 0.1) is 11.8 Å². The molecule has 1 aromatic heterocycles. The molecule has 0 radical (unpaired) electrons. The fourth-order valence-electron chi connectivity index (χ4n) is 1.63. The molecule has 1 aromatic carbocycles. The fourth-order valence-corrected chi connectivity index (χ4v) is 2.56. The van der Waals surface area contributed by atoms with Gasteiger partial charge in [-0.3, -0.25) is 0 Å². The van der Waals surface area contributed by atoms with Crippen LogP contribution in [0.25, 0.3) is 10.1 Å². The quantitative estimate of drug-likeness (QED) is 0.838. The normalized spacial score (nSPS) is 10.7. The van der Waals surface area contributed by atoms with Crippen molar-refractivity contribution in [2.75, 3.05) is 13.7 Å². The molecular weight excluding hydrogens is 194 g/mol. The standard InChI is InChI=1S/C11H13NOS/c1-13-10-3-2-8(4-6-12)9-5-7-14-11(9)10/h2-3,5,7H,4,6,12H2,1H3. The average Bonchev–Trinajstić information content (AvgIpc) is 2.67. The number of benzene rings is 1. The van der Waals surface area contributed by atoms with E-state index in [1.807, 2.05) is 6.07 Å². The lowest BCUT2D eigenvalue weighted by Crippen LogP contribution is -2.02. The first-order valence-electron chi connectivity index (χ1n) is 4.60. The van der Waals surface area contributed by atoms with Gasteiger partial charge in [-0.05, 0) is 41.4 Å². The van der Waals surface area contributed by atoms with E-state index in [2.05, 4.69) is 17.5 Å². The molecule has 0 saturated carbocycles. The topological polar surface area (TPSA) is 35.2 Å². The van der Waals surface area contributed by atoms with Crippen LogP contribution in [0.5, 0.6) is 5.75 Å². The van der Waals surface area contributed by atoms with Crippen molar-refractivity contribution in [2.45, 2.75) is 6.42 Å². The molecule has 2 aromatic rings. The molecule has 14 heavy (non-hydrogen) atoms. The molecule has 0 aliphatic rings. The maximum Gasteiger partial charge on any atom is 0.136 e. The van der Waals surface area contributed by atoms with E-state index in [-0.39, 0.29) is 0 Å². The Balaban J connectivity index is 2.59. The SMILES string of the molecule is COc1ccc(CCN)c2ccsc12. The number of nitrogens with two attached hydrogens (primary N) is 1. The molecule has 0 unspecified atom stereocenters. The fraction of sp³-hybridized carbons (Fsp3) is 0.273. The van der Waals surface area contributed by atoms with Gasteiger partial charge in [-0.25, -0.2) is 0 Å². The Kier molecular flexibility index (Phi) is 2.70. The van der Waals surface area contributed by atoms with E-state index in [0.29, 0.717) is 6.54 Å². The minimum Gasteiger partial charge on any atom is -0.495 e. The van der Waals surface area contributed by atoms with Crippen LogP contribution >= 0.6 is 11.3 Å². The van der Waals surface area contributed by atoms with Crippen LogP contribution in [0.4, 0.5) is 0 Å². The summed E-state index contributed by atoms with van der Waals surface area (Å²) in [6.45, 7) is 0.692. The minimum absolute atomic E-state index is 0.692. The Labute approximate surface area is 87.3 Å². The zero-order chi connectivity index (χ0) is 9.97. The lowest BCUT2D eigenvalue weighted by molar-refractivity contribution is 0.420. The Morgan fingerprint density at radius 3 is 2.93 bits per heavy atom. The molecule has 0 spiro atoms. The van der Waals surface area contributed by atoms with Gasteiger partial charge >= 0.3 is 0 Å². The summed E-state index contributed by atoms with van der Waals surface area (Å²) in [7, 11) is 1.71. The van der Waals surface area contributed by atoms with E-state index in [1.165, 1.54) is 15.6 Å². The molecule has 0 bridgehead atoms.